The van der Waals surface area contributed by atoms with E-state index >= 15 is 0 Å². The first-order valence-corrected chi connectivity index (χ1v) is 7.91. The first-order chi connectivity index (χ1) is 10.5. The predicted molar refractivity (Wildman–Crippen MR) is 83.2 cm³/mol. The summed E-state index contributed by atoms with van der Waals surface area (Å²) < 4.78 is 43.4. The highest BCUT2D eigenvalue weighted by molar-refractivity contribution is 6.62. The molecule has 0 atom stereocenters. The quantitative estimate of drug-likeness (QED) is 0.797. The van der Waals surface area contributed by atoms with E-state index in [0.717, 1.165) is 19.8 Å². The van der Waals surface area contributed by atoms with Gasteiger partial charge < -0.3 is 14.0 Å². The first-order valence-electron chi connectivity index (χ1n) is 7.91. The summed E-state index contributed by atoms with van der Waals surface area (Å²) in [6.07, 6.45) is 0.291. The topological polar surface area (TPSA) is 40.6 Å². The third-order valence-corrected chi connectivity index (χ3v) is 4.68. The molecule has 1 saturated carbocycles. The van der Waals surface area contributed by atoms with Crippen LogP contribution in [0.3, 0.4) is 0 Å². The Kier molecular flexibility index (Phi) is 3.72. The molecule has 1 aliphatic carbocycles. The molecule has 0 N–H and O–H groups in total. The minimum Gasteiger partial charge on any atom is -0.431 e. The van der Waals surface area contributed by atoms with E-state index in [1.807, 2.05) is 27.7 Å². The number of ether oxygens (including phenoxy) is 1. The van der Waals surface area contributed by atoms with Crippen molar-refractivity contribution in [2.45, 2.75) is 70.7 Å². The van der Waals surface area contributed by atoms with Crippen LogP contribution in [0.4, 0.5) is 8.78 Å². The van der Waals surface area contributed by atoms with Gasteiger partial charge in [0.2, 0.25) is 0 Å². The number of pyridine rings is 1. The molecule has 0 aromatic carbocycles. The fraction of sp³-hybridized carbons (Fsp3) is 0.688. The van der Waals surface area contributed by atoms with Crippen LogP contribution in [0.1, 0.15) is 59.1 Å². The number of nitrogens with zero attached hydrogens (tertiary/aromatic N) is 1. The molecule has 1 aromatic rings. The van der Waals surface area contributed by atoms with Gasteiger partial charge in [0, 0.05) is 24.5 Å². The lowest BCUT2D eigenvalue weighted by molar-refractivity contribution is -0.159. The predicted octanol–water partition coefficient (Wildman–Crippen LogP) is 3.25. The largest absolute Gasteiger partial charge is 0.496 e. The average molecular weight is 325 g/mol. The fourth-order valence-corrected chi connectivity index (χ4v) is 2.52. The maximum absolute atomic E-state index is 13.3. The van der Waals surface area contributed by atoms with Crippen LogP contribution >= 0.6 is 0 Å². The Morgan fingerprint density at radius 2 is 1.78 bits per heavy atom. The molecule has 0 spiro atoms. The Hall–Kier alpha value is -1.21. The smallest absolute Gasteiger partial charge is 0.431 e. The van der Waals surface area contributed by atoms with Crippen molar-refractivity contribution in [3.05, 3.63) is 18.0 Å². The zero-order valence-corrected chi connectivity index (χ0v) is 14.2. The highest BCUT2D eigenvalue weighted by atomic mass is 19.3. The number of halogens is 2. The molecule has 2 heterocycles. The Morgan fingerprint density at radius 1 is 1.22 bits per heavy atom. The Bertz CT molecular complexity index is 596. The molecule has 0 radical (unpaired) electrons. The second kappa shape index (κ2) is 5.15. The third kappa shape index (κ3) is 3.35. The van der Waals surface area contributed by atoms with Crippen LogP contribution in [-0.2, 0) is 9.31 Å². The zero-order chi connectivity index (χ0) is 17.0. The maximum atomic E-state index is 13.3. The molecule has 2 aliphatic rings. The van der Waals surface area contributed by atoms with E-state index in [2.05, 4.69) is 4.98 Å². The number of hydrogen-bond donors (Lipinski definition) is 0. The molecule has 7 heteroatoms. The van der Waals surface area contributed by atoms with Gasteiger partial charge in [-0.05, 0) is 46.6 Å². The van der Waals surface area contributed by atoms with Gasteiger partial charge in [0.05, 0.1) is 16.9 Å². The molecule has 4 nitrogen and oxygen atoms in total. The lowest BCUT2D eigenvalue weighted by Crippen LogP contribution is -2.41. The molecule has 2 fully saturated rings. The van der Waals surface area contributed by atoms with Gasteiger partial charge in [-0.1, -0.05) is 0 Å². The van der Waals surface area contributed by atoms with E-state index < -0.39 is 24.4 Å². The van der Waals surface area contributed by atoms with E-state index in [1.165, 1.54) is 0 Å². The third-order valence-electron chi connectivity index (χ3n) is 4.68. The molecule has 23 heavy (non-hydrogen) atoms. The fourth-order valence-electron chi connectivity index (χ4n) is 2.52. The Labute approximate surface area is 135 Å². The number of rotatable bonds is 4. The van der Waals surface area contributed by atoms with E-state index in [9.17, 15) is 8.78 Å². The van der Waals surface area contributed by atoms with Gasteiger partial charge in [-0.25, -0.2) is 0 Å². The molecule has 0 amide bonds. The molecule has 1 saturated heterocycles. The molecule has 0 bridgehead atoms. The standard InChI is InChI=1S/C16H22BF2NO3/c1-14(2)15(3,4)23-17(22-14)11-8-12(21-16(5,18)19)13(20-9-11)10-6-7-10/h8-10H,6-7H2,1-5H3. The average Bonchev–Trinajstić information content (AvgIpc) is 3.16. The maximum Gasteiger partial charge on any atom is 0.496 e. The molecule has 1 aromatic heterocycles. The highest BCUT2D eigenvalue weighted by Crippen LogP contribution is 2.44. The van der Waals surface area contributed by atoms with E-state index in [0.29, 0.717) is 11.2 Å². The van der Waals surface area contributed by atoms with Crippen molar-refractivity contribution in [2.75, 3.05) is 0 Å². The minimum atomic E-state index is -3.25. The highest BCUT2D eigenvalue weighted by Gasteiger charge is 2.52. The lowest BCUT2D eigenvalue weighted by atomic mass is 9.80. The second-order valence-corrected chi connectivity index (χ2v) is 7.42. The van der Waals surface area contributed by atoms with E-state index in [-0.39, 0.29) is 11.7 Å². The van der Waals surface area contributed by atoms with Crippen molar-refractivity contribution in [3.63, 3.8) is 0 Å². The Balaban J connectivity index is 1.91. The van der Waals surface area contributed by atoms with Crippen LogP contribution in [-0.4, -0.2) is 29.4 Å². The molecular weight excluding hydrogens is 303 g/mol. The lowest BCUT2D eigenvalue weighted by Gasteiger charge is -2.32. The summed E-state index contributed by atoms with van der Waals surface area (Å²) >= 11 is 0. The summed E-state index contributed by atoms with van der Waals surface area (Å²) in [6.45, 7) is 8.49. The van der Waals surface area contributed by atoms with Crippen LogP contribution in [0.2, 0.25) is 0 Å². The first kappa shape index (κ1) is 16.6. The number of hydrogen-bond acceptors (Lipinski definition) is 4. The molecule has 0 unspecified atom stereocenters. The number of alkyl halides is 2. The minimum absolute atomic E-state index is 0.118. The summed E-state index contributed by atoms with van der Waals surface area (Å²) in [6, 6.07) is 1.57. The normalized spacial score (nSPS) is 23.2. The monoisotopic (exact) mass is 325 g/mol. The van der Waals surface area contributed by atoms with Gasteiger partial charge in [0.25, 0.3) is 0 Å². The van der Waals surface area contributed by atoms with Gasteiger partial charge in [-0.2, -0.15) is 8.78 Å². The summed E-state index contributed by atoms with van der Waals surface area (Å²) in [5, 5.41) is 0. The second-order valence-electron chi connectivity index (χ2n) is 7.42. The van der Waals surface area contributed by atoms with E-state index in [4.69, 9.17) is 14.0 Å². The van der Waals surface area contributed by atoms with Crippen LogP contribution in [0.25, 0.3) is 0 Å². The zero-order valence-electron chi connectivity index (χ0n) is 14.2. The van der Waals surface area contributed by atoms with Crippen molar-refractivity contribution in [2.24, 2.45) is 0 Å². The van der Waals surface area contributed by atoms with Gasteiger partial charge in [-0.3, -0.25) is 4.98 Å². The van der Waals surface area contributed by atoms with Crippen molar-refractivity contribution < 1.29 is 22.8 Å². The van der Waals surface area contributed by atoms with Crippen LogP contribution in [0, 0.1) is 0 Å². The molecule has 126 valence electrons. The Morgan fingerprint density at radius 3 is 2.26 bits per heavy atom. The SMILES string of the molecule is CC(F)(F)Oc1cc(B2OC(C)(C)C(C)(C)O2)cnc1C1CC1. The van der Waals surface area contributed by atoms with E-state index in [1.54, 1.807) is 12.3 Å². The summed E-state index contributed by atoms with van der Waals surface area (Å²) in [5.41, 5.74) is 0.185. The number of aromatic nitrogens is 1. The van der Waals surface area contributed by atoms with Gasteiger partial charge in [0.1, 0.15) is 5.75 Å². The van der Waals surface area contributed by atoms with Crippen molar-refractivity contribution in [1.82, 2.24) is 4.98 Å². The summed E-state index contributed by atoms with van der Waals surface area (Å²) in [7, 11) is -0.645. The van der Waals surface area contributed by atoms with Crippen LogP contribution in [0.5, 0.6) is 5.75 Å². The van der Waals surface area contributed by atoms with Crippen LogP contribution < -0.4 is 10.2 Å². The van der Waals surface area contributed by atoms with Crippen molar-refractivity contribution >= 4 is 12.6 Å². The van der Waals surface area contributed by atoms with Crippen LogP contribution in [0.15, 0.2) is 12.3 Å². The molecule has 1 aliphatic heterocycles. The van der Waals surface area contributed by atoms with Gasteiger partial charge in [-0.15, -0.1) is 0 Å². The van der Waals surface area contributed by atoms with Crippen molar-refractivity contribution in [1.29, 1.82) is 0 Å². The van der Waals surface area contributed by atoms with Gasteiger partial charge in [0.15, 0.2) is 0 Å². The van der Waals surface area contributed by atoms with Gasteiger partial charge >= 0.3 is 13.2 Å². The molecule has 3 rings (SSSR count). The summed E-state index contributed by atoms with van der Waals surface area (Å²) in [5.74, 6) is 0.326. The summed E-state index contributed by atoms with van der Waals surface area (Å²) in [4.78, 5) is 4.35. The van der Waals surface area contributed by atoms with Crippen molar-refractivity contribution in [3.8, 4) is 5.75 Å². The molecular formula is C16H22BF2NO3.